The average Bonchev–Trinajstić information content (AvgIpc) is 2.15. The molecule has 0 nitrogen and oxygen atoms in total. The van der Waals surface area contributed by atoms with Crippen LogP contribution in [0.1, 0.15) is 50.3 Å². The first-order chi connectivity index (χ1) is 6.98. The van der Waals surface area contributed by atoms with Gasteiger partial charge in [-0.1, -0.05) is 26.8 Å². The van der Waals surface area contributed by atoms with Gasteiger partial charge in [-0.3, -0.25) is 0 Å². The first-order valence-corrected chi connectivity index (χ1v) is 5.80. The Bertz CT molecular complexity index is 372. The number of fused-ring (bicyclic) bond motifs is 1. The molecule has 0 atom stereocenters. The fourth-order valence-corrected chi connectivity index (χ4v) is 2.33. The lowest BCUT2D eigenvalue weighted by Crippen LogP contribution is -2.16. The van der Waals surface area contributed by atoms with E-state index in [4.69, 9.17) is 0 Å². The molecular formula is C14H19F. The summed E-state index contributed by atoms with van der Waals surface area (Å²) >= 11 is 0. The zero-order valence-corrected chi connectivity index (χ0v) is 9.86. The minimum atomic E-state index is -0.0867. The van der Waals surface area contributed by atoms with Gasteiger partial charge < -0.3 is 0 Å². The second-order valence-electron chi connectivity index (χ2n) is 5.56. The van der Waals surface area contributed by atoms with Crippen molar-refractivity contribution in [3.8, 4) is 0 Å². The molecule has 0 spiro atoms. The van der Waals surface area contributed by atoms with Crippen LogP contribution in [0.4, 0.5) is 4.39 Å². The molecule has 0 radical (unpaired) electrons. The summed E-state index contributed by atoms with van der Waals surface area (Å²) in [4.78, 5) is 0. The second-order valence-corrected chi connectivity index (χ2v) is 5.56. The highest BCUT2D eigenvalue weighted by Gasteiger charge is 2.21. The molecule has 1 aliphatic carbocycles. The smallest absolute Gasteiger partial charge is 0.127 e. The molecule has 0 bridgehead atoms. The summed E-state index contributed by atoms with van der Waals surface area (Å²) in [6.07, 6.45) is 4.64. The maximum atomic E-state index is 13.9. The molecule has 1 aliphatic rings. The Kier molecular flexibility index (Phi) is 2.57. The molecule has 82 valence electrons. The Labute approximate surface area is 91.5 Å². The third kappa shape index (κ3) is 2.06. The highest BCUT2D eigenvalue weighted by Crippen LogP contribution is 2.30. The first kappa shape index (κ1) is 10.7. The highest BCUT2D eigenvalue weighted by molar-refractivity contribution is 5.37. The van der Waals surface area contributed by atoms with Crippen molar-refractivity contribution in [2.45, 2.75) is 51.9 Å². The van der Waals surface area contributed by atoms with Crippen LogP contribution in [-0.4, -0.2) is 0 Å². The van der Waals surface area contributed by atoms with Crippen molar-refractivity contribution in [2.24, 2.45) is 0 Å². The molecule has 1 aromatic rings. The summed E-state index contributed by atoms with van der Waals surface area (Å²) in [7, 11) is 0. The van der Waals surface area contributed by atoms with Gasteiger partial charge in [0.1, 0.15) is 5.82 Å². The van der Waals surface area contributed by atoms with Crippen LogP contribution < -0.4 is 0 Å². The minimum absolute atomic E-state index is 0.0249. The van der Waals surface area contributed by atoms with E-state index in [2.05, 4.69) is 26.8 Å². The van der Waals surface area contributed by atoms with E-state index in [9.17, 15) is 4.39 Å². The molecule has 15 heavy (non-hydrogen) atoms. The Morgan fingerprint density at radius 2 is 1.53 bits per heavy atom. The van der Waals surface area contributed by atoms with Crippen molar-refractivity contribution in [2.75, 3.05) is 0 Å². The molecule has 0 amide bonds. The number of halogens is 1. The van der Waals surface area contributed by atoms with Crippen LogP contribution in [-0.2, 0) is 18.3 Å². The highest BCUT2D eigenvalue weighted by atomic mass is 19.1. The lowest BCUT2D eigenvalue weighted by molar-refractivity contribution is 0.517. The van der Waals surface area contributed by atoms with Gasteiger partial charge in [0.05, 0.1) is 0 Å². The topological polar surface area (TPSA) is 0 Å². The van der Waals surface area contributed by atoms with Crippen LogP contribution in [0.2, 0.25) is 0 Å². The van der Waals surface area contributed by atoms with Gasteiger partial charge in [-0.25, -0.2) is 4.39 Å². The van der Waals surface area contributed by atoms with Crippen LogP contribution in [0.15, 0.2) is 12.1 Å². The predicted octanol–water partition coefficient (Wildman–Crippen LogP) is 4.00. The van der Waals surface area contributed by atoms with Crippen molar-refractivity contribution in [3.63, 3.8) is 0 Å². The molecule has 0 aliphatic heterocycles. The van der Waals surface area contributed by atoms with Gasteiger partial charge in [0.2, 0.25) is 0 Å². The van der Waals surface area contributed by atoms with Gasteiger partial charge in [-0.15, -0.1) is 0 Å². The van der Waals surface area contributed by atoms with E-state index in [1.165, 1.54) is 24.0 Å². The molecule has 0 unspecified atom stereocenters. The summed E-state index contributed by atoms with van der Waals surface area (Å²) in [5.41, 5.74) is 3.37. The fraction of sp³-hybridized carbons (Fsp3) is 0.571. The summed E-state index contributed by atoms with van der Waals surface area (Å²) in [6.45, 7) is 6.21. The Hall–Kier alpha value is -0.850. The monoisotopic (exact) mass is 206 g/mol. The van der Waals surface area contributed by atoms with E-state index in [1.807, 2.05) is 0 Å². The normalized spacial score (nSPS) is 16.3. The van der Waals surface area contributed by atoms with Crippen molar-refractivity contribution >= 4 is 0 Å². The number of hydrogen-bond donors (Lipinski definition) is 0. The summed E-state index contributed by atoms with van der Waals surface area (Å²) in [6, 6.07) is 3.85. The standard InChI is InChI=1S/C14H19F/c1-14(2,3)12-8-10-6-4-5-7-11(10)9-13(12)15/h8-9H,4-7H2,1-3H3. The van der Waals surface area contributed by atoms with E-state index in [0.717, 1.165) is 18.4 Å². The van der Waals surface area contributed by atoms with E-state index in [0.29, 0.717) is 0 Å². The SMILES string of the molecule is CC(C)(C)c1cc2c(cc1F)CCCC2. The number of hydrogen-bond acceptors (Lipinski definition) is 0. The quantitative estimate of drug-likeness (QED) is 0.602. The molecule has 0 heterocycles. The van der Waals surface area contributed by atoms with Crippen LogP contribution in [0.5, 0.6) is 0 Å². The predicted molar refractivity (Wildman–Crippen MR) is 61.7 cm³/mol. The number of rotatable bonds is 0. The molecule has 0 saturated heterocycles. The molecular weight excluding hydrogens is 187 g/mol. The zero-order valence-electron chi connectivity index (χ0n) is 9.86. The molecule has 0 N–H and O–H groups in total. The Balaban J connectivity index is 2.50. The maximum absolute atomic E-state index is 13.9. The molecule has 0 saturated carbocycles. The summed E-state index contributed by atoms with van der Waals surface area (Å²) < 4.78 is 13.9. The van der Waals surface area contributed by atoms with Gasteiger partial charge >= 0.3 is 0 Å². The van der Waals surface area contributed by atoms with E-state index in [1.54, 1.807) is 6.07 Å². The fourth-order valence-electron chi connectivity index (χ4n) is 2.33. The molecule has 2 rings (SSSR count). The maximum Gasteiger partial charge on any atom is 0.127 e. The van der Waals surface area contributed by atoms with Gasteiger partial charge in [0, 0.05) is 0 Å². The van der Waals surface area contributed by atoms with Crippen molar-refractivity contribution in [1.82, 2.24) is 0 Å². The zero-order chi connectivity index (χ0) is 11.1. The van der Waals surface area contributed by atoms with Crippen LogP contribution in [0, 0.1) is 5.82 Å². The molecule has 0 aromatic heterocycles. The van der Waals surface area contributed by atoms with Crippen LogP contribution >= 0.6 is 0 Å². The van der Waals surface area contributed by atoms with E-state index < -0.39 is 0 Å². The Morgan fingerprint density at radius 1 is 1.00 bits per heavy atom. The average molecular weight is 206 g/mol. The third-order valence-corrected chi connectivity index (χ3v) is 3.24. The second kappa shape index (κ2) is 3.62. The van der Waals surface area contributed by atoms with Gasteiger partial charge in [0.15, 0.2) is 0 Å². The van der Waals surface area contributed by atoms with Crippen LogP contribution in [0.3, 0.4) is 0 Å². The van der Waals surface area contributed by atoms with Gasteiger partial charge in [-0.05, 0) is 53.9 Å². The van der Waals surface area contributed by atoms with E-state index >= 15 is 0 Å². The number of aryl methyl sites for hydroxylation is 2. The lowest BCUT2D eigenvalue weighted by atomic mass is 9.82. The largest absolute Gasteiger partial charge is 0.207 e. The van der Waals surface area contributed by atoms with Crippen molar-refractivity contribution in [1.29, 1.82) is 0 Å². The number of benzene rings is 1. The van der Waals surface area contributed by atoms with Crippen molar-refractivity contribution in [3.05, 3.63) is 34.6 Å². The van der Waals surface area contributed by atoms with E-state index in [-0.39, 0.29) is 11.2 Å². The molecule has 1 aromatic carbocycles. The lowest BCUT2D eigenvalue weighted by Gasteiger charge is -2.24. The van der Waals surface area contributed by atoms with Gasteiger partial charge in [0.25, 0.3) is 0 Å². The summed E-state index contributed by atoms with van der Waals surface area (Å²) in [5.74, 6) is -0.0249. The summed E-state index contributed by atoms with van der Waals surface area (Å²) in [5, 5.41) is 0. The third-order valence-electron chi connectivity index (χ3n) is 3.24. The first-order valence-electron chi connectivity index (χ1n) is 5.80. The molecule has 1 heteroatoms. The Morgan fingerprint density at radius 3 is 2.07 bits per heavy atom. The van der Waals surface area contributed by atoms with Crippen LogP contribution in [0.25, 0.3) is 0 Å². The minimum Gasteiger partial charge on any atom is -0.207 e. The van der Waals surface area contributed by atoms with Gasteiger partial charge in [-0.2, -0.15) is 0 Å². The molecule has 0 fully saturated rings. The van der Waals surface area contributed by atoms with Crippen molar-refractivity contribution < 1.29 is 4.39 Å².